The number of hydrogen-bond acceptors (Lipinski definition) is 5. The van der Waals surface area contributed by atoms with Gasteiger partial charge in [0.25, 0.3) is 5.91 Å². The van der Waals surface area contributed by atoms with E-state index in [9.17, 15) is 9.90 Å². The Hall–Kier alpha value is -3.32. The predicted molar refractivity (Wildman–Crippen MR) is 122 cm³/mol. The van der Waals surface area contributed by atoms with Crippen LogP contribution in [0, 0.1) is 13.8 Å². The van der Waals surface area contributed by atoms with Crippen molar-refractivity contribution in [1.29, 1.82) is 0 Å². The molecule has 2 heterocycles. The quantitative estimate of drug-likeness (QED) is 0.513. The minimum Gasteiger partial charge on any atom is -0.507 e. The number of carbonyl (C=O) groups excluding carboxylic acids is 1. The summed E-state index contributed by atoms with van der Waals surface area (Å²) in [6, 6.07) is 11.3. The lowest BCUT2D eigenvalue weighted by atomic mass is 9.94. The van der Waals surface area contributed by atoms with E-state index in [1.165, 1.54) is 0 Å². The Morgan fingerprint density at radius 3 is 2.78 bits per heavy atom. The normalized spacial score (nSPS) is 15.3. The monoisotopic (exact) mass is 435 g/mol. The molecular weight excluding hydrogens is 406 g/mol. The molecule has 1 aliphatic heterocycles. The topological polar surface area (TPSA) is 87.7 Å². The van der Waals surface area contributed by atoms with Gasteiger partial charge in [0.2, 0.25) is 0 Å². The molecule has 0 aliphatic carbocycles. The molecule has 2 N–H and O–H groups in total. The van der Waals surface area contributed by atoms with Gasteiger partial charge >= 0.3 is 0 Å². The van der Waals surface area contributed by atoms with Crippen molar-refractivity contribution >= 4 is 5.91 Å². The molecule has 2 aromatic carbocycles. The Morgan fingerprint density at radius 1 is 1.22 bits per heavy atom. The van der Waals surface area contributed by atoms with E-state index in [4.69, 9.17) is 9.47 Å². The highest BCUT2D eigenvalue weighted by atomic mass is 16.5. The van der Waals surface area contributed by atoms with Crippen LogP contribution in [0.15, 0.2) is 36.4 Å². The first-order valence-corrected chi connectivity index (χ1v) is 10.9. The van der Waals surface area contributed by atoms with Crippen molar-refractivity contribution in [1.82, 2.24) is 15.1 Å². The number of benzene rings is 2. The van der Waals surface area contributed by atoms with E-state index in [2.05, 4.69) is 10.2 Å². The smallest absolute Gasteiger partial charge is 0.273 e. The predicted octanol–water partition coefficient (Wildman–Crippen LogP) is 4.38. The first kappa shape index (κ1) is 21.9. The van der Waals surface area contributed by atoms with Gasteiger partial charge < -0.3 is 19.5 Å². The minimum absolute atomic E-state index is 0.106. The number of fused-ring (bicyclic) bond motifs is 1. The molecule has 1 aliphatic rings. The maximum Gasteiger partial charge on any atom is 0.273 e. The van der Waals surface area contributed by atoms with Gasteiger partial charge in [0.15, 0.2) is 0 Å². The van der Waals surface area contributed by atoms with E-state index in [0.29, 0.717) is 43.1 Å². The summed E-state index contributed by atoms with van der Waals surface area (Å²) in [7, 11) is 1.66. The number of aromatic amines is 1. The van der Waals surface area contributed by atoms with Gasteiger partial charge in [0.1, 0.15) is 22.9 Å². The summed E-state index contributed by atoms with van der Waals surface area (Å²) in [6.45, 7) is 7.45. The summed E-state index contributed by atoms with van der Waals surface area (Å²) in [5.41, 5.74) is 5.18. The third kappa shape index (κ3) is 3.84. The molecule has 3 aromatic rings. The van der Waals surface area contributed by atoms with Gasteiger partial charge in [-0.2, -0.15) is 5.10 Å². The van der Waals surface area contributed by atoms with Crippen molar-refractivity contribution in [2.75, 3.05) is 26.9 Å². The van der Waals surface area contributed by atoms with E-state index in [1.54, 1.807) is 7.11 Å². The molecule has 0 saturated carbocycles. The third-order valence-electron chi connectivity index (χ3n) is 5.80. The van der Waals surface area contributed by atoms with Crippen LogP contribution in [-0.4, -0.2) is 53.0 Å². The number of aromatic nitrogens is 2. The Balaban J connectivity index is 1.87. The average molecular weight is 436 g/mol. The molecular formula is C25H29N3O4. The molecule has 0 spiro atoms. The third-order valence-corrected chi connectivity index (χ3v) is 5.80. The summed E-state index contributed by atoms with van der Waals surface area (Å²) >= 11 is 0. The number of nitrogens with zero attached hydrogens (tertiary/aromatic N) is 2. The number of phenols is 1. The molecule has 1 amide bonds. The molecule has 1 aromatic heterocycles. The molecule has 32 heavy (non-hydrogen) atoms. The Kier molecular flexibility index (Phi) is 6.19. The van der Waals surface area contributed by atoms with E-state index in [1.807, 2.05) is 62.1 Å². The van der Waals surface area contributed by atoms with Crippen molar-refractivity contribution in [3.8, 4) is 22.8 Å². The fraction of sp³-hybridized carbons (Fsp3) is 0.360. The second kappa shape index (κ2) is 9.04. The van der Waals surface area contributed by atoms with Crippen molar-refractivity contribution < 1.29 is 19.4 Å². The molecule has 4 rings (SSSR count). The fourth-order valence-electron chi connectivity index (χ4n) is 4.44. The van der Waals surface area contributed by atoms with Gasteiger partial charge in [-0.3, -0.25) is 9.89 Å². The molecule has 0 fully saturated rings. The number of ether oxygens (including phenoxy) is 2. The van der Waals surface area contributed by atoms with Crippen LogP contribution in [0.3, 0.4) is 0 Å². The molecule has 7 nitrogen and oxygen atoms in total. The van der Waals surface area contributed by atoms with Crippen LogP contribution in [0.1, 0.15) is 52.1 Å². The number of phenolic OH excluding ortho intramolecular Hbond substituents is 1. The molecule has 7 heteroatoms. The van der Waals surface area contributed by atoms with Crippen LogP contribution in [0.2, 0.25) is 0 Å². The van der Waals surface area contributed by atoms with E-state index in [-0.39, 0.29) is 17.7 Å². The lowest BCUT2D eigenvalue weighted by Gasteiger charge is -2.26. The van der Waals surface area contributed by atoms with Gasteiger partial charge in [-0.05, 0) is 62.1 Å². The molecule has 1 atom stereocenters. The fourth-order valence-corrected chi connectivity index (χ4v) is 4.44. The number of rotatable bonds is 8. The number of aromatic hydroxyl groups is 1. The van der Waals surface area contributed by atoms with E-state index < -0.39 is 0 Å². The van der Waals surface area contributed by atoms with Gasteiger partial charge in [-0.15, -0.1) is 0 Å². The van der Waals surface area contributed by atoms with E-state index in [0.717, 1.165) is 28.0 Å². The van der Waals surface area contributed by atoms with Gasteiger partial charge in [0.05, 0.1) is 12.6 Å². The zero-order valence-corrected chi connectivity index (χ0v) is 18.9. The van der Waals surface area contributed by atoms with Crippen molar-refractivity contribution in [2.24, 2.45) is 0 Å². The summed E-state index contributed by atoms with van der Waals surface area (Å²) in [6.07, 6.45) is 0.714. The number of methoxy groups -OCH3 is 1. The van der Waals surface area contributed by atoms with Crippen LogP contribution in [0.5, 0.6) is 11.5 Å². The highest BCUT2D eigenvalue weighted by molar-refractivity contribution is 6.00. The zero-order valence-electron chi connectivity index (χ0n) is 18.9. The summed E-state index contributed by atoms with van der Waals surface area (Å²) in [4.78, 5) is 15.2. The largest absolute Gasteiger partial charge is 0.507 e. The van der Waals surface area contributed by atoms with Crippen molar-refractivity contribution in [3.63, 3.8) is 0 Å². The SMILES string of the molecule is CCOc1cccc(C2c3c(-c4cc(C)cc(C)c4O)n[nH]c3C(=O)N2CCCOC)c1. The lowest BCUT2D eigenvalue weighted by molar-refractivity contribution is 0.0723. The van der Waals surface area contributed by atoms with Crippen LogP contribution in [0.4, 0.5) is 0 Å². The minimum atomic E-state index is -0.344. The number of hydrogen-bond donors (Lipinski definition) is 2. The maximum atomic E-state index is 13.4. The molecule has 168 valence electrons. The standard InChI is InChI=1S/C25H29N3O4/c1-5-32-18-9-6-8-17(14-18)23-20-21(19-13-15(2)12-16(3)24(19)29)26-27-22(20)25(30)28(23)10-7-11-31-4/h6,8-9,12-14,23,29H,5,7,10-11H2,1-4H3,(H,26,27). The zero-order chi connectivity index (χ0) is 22.8. The van der Waals surface area contributed by atoms with Crippen LogP contribution < -0.4 is 4.74 Å². The summed E-state index contributed by atoms with van der Waals surface area (Å²) < 4.78 is 10.9. The summed E-state index contributed by atoms with van der Waals surface area (Å²) in [5, 5.41) is 18.2. The molecule has 1 unspecified atom stereocenters. The van der Waals surface area contributed by atoms with Gasteiger partial charge in [0, 0.05) is 31.4 Å². The van der Waals surface area contributed by atoms with Crippen molar-refractivity contribution in [2.45, 2.75) is 33.2 Å². The average Bonchev–Trinajstić information content (AvgIpc) is 3.31. The number of carbonyl (C=O) groups is 1. The van der Waals surface area contributed by atoms with Crippen LogP contribution >= 0.6 is 0 Å². The first-order chi connectivity index (χ1) is 15.5. The highest BCUT2D eigenvalue weighted by Gasteiger charge is 2.42. The molecule has 0 radical (unpaired) electrons. The number of amides is 1. The lowest BCUT2D eigenvalue weighted by Crippen LogP contribution is -2.31. The number of nitrogens with one attached hydrogen (secondary N) is 1. The Labute approximate surface area is 188 Å². The van der Waals surface area contributed by atoms with Crippen LogP contribution in [0.25, 0.3) is 11.3 Å². The highest BCUT2D eigenvalue weighted by Crippen LogP contribution is 2.45. The first-order valence-electron chi connectivity index (χ1n) is 10.9. The van der Waals surface area contributed by atoms with E-state index >= 15 is 0 Å². The Bertz CT molecular complexity index is 1140. The number of H-pyrrole nitrogens is 1. The summed E-state index contributed by atoms with van der Waals surface area (Å²) in [5.74, 6) is 0.824. The Morgan fingerprint density at radius 2 is 2.03 bits per heavy atom. The molecule has 0 saturated heterocycles. The van der Waals surface area contributed by atoms with Crippen LogP contribution in [-0.2, 0) is 4.74 Å². The molecule has 0 bridgehead atoms. The van der Waals surface area contributed by atoms with Crippen molar-refractivity contribution in [3.05, 3.63) is 64.3 Å². The second-order valence-electron chi connectivity index (χ2n) is 8.09. The number of aryl methyl sites for hydroxylation is 2. The second-order valence-corrected chi connectivity index (χ2v) is 8.09. The van der Waals surface area contributed by atoms with Gasteiger partial charge in [-0.1, -0.05) is 18.2 Å². The maximum absolute atomic E-state index is 13.4. The van der Waals surface area contributed by atoms with Gasteiger partial charge in [-0.25, -0.2) is 0 Å².